The number of anilines is 1. The van der Waals surface area contributed by atoms with Crippen molar-refractivity contribution in [2.24, 2.45) is 0 Å². The molecule has 0 spiro atoms. The normalized spacial score (nSPS) is 12.9. The van der Waals surface area contributed by atoms with Gasteiger partial charge < -0.3 is 0 Å². The molecule has 0 aliphatic rings. The zero-order valence-corrected chi connectivity index (χ0v) is 22.8. The molecule has 1 N–H and O–H groups in total. The van der Waals surface area contributed by atoms with Crippen molar-refractivity contribution in [1.82, 2.24) is 0 Å². The molecule has 0 radical (unpaired) electrons. The predicted octanol–water partition coefficient (Wildman–Crippen LogP) is 6.54. The average molecular weight is 548 g/mol. The van der Waals surface area contributed by atoms with Gasteiger partial charge in [0.2, 0.25) is 0 Å². The number of halogens is 1. The first-order chi connectivity index (χ1) is 16.8. The molecule has 1 amide bonds. The maximum absolute atomic E-state index is 12.4. The Morgan fingerprint density at radius 3 is 1.40 bits per heavy atom. The molecule has 0 atom stereocenters. The van der Waals surface area contributed by atoms with Crippen LogP contribution in [-0.2, 0) is 4.74 Å². The van der Waals surface area contributed by atoms with Crippen molar-refractivity contribution < 1.29 is 9.53 Å². The number of hydrogen-bond acceptors (Lipinski definition) is 2. The molecule has 4 aromatic carbocycles. The van der Waals surface area contributed by atoms with E-state index in [0.717, 1.165) is 5.07 Å². The summed E-state index contributed by atoms with van der Waals surface area (Å²) in [6.07, 6.45) is -0.461. The van der Waals surface area contributed by atoms with E-state index in [-0.39, 0.29) is 0 Å². The zero-order valence-electron chi connectivity index (χ0n) is 20.3. The molecular weight excluding hydrogens is 517 g/mol. The third-order valence-electron chi connectivity index (χ3n) is 6.30. The van der Waals surface area contributed by atoms with E-state index in [2.05, 4.69) is 124 Å². The molecule has 0 unspecified atom stereocenters. The third-order valence-corrected chi connectivity index (χ3v) is 15.5. The molecule has 0 bridgehead atoms. The number of hydrogen-bond donors (Lipinski definition) is 1. The Morgan fingerprint density at radius 1 is 0.686 bits per heavy atom. The van der Waals surface area contributed by atoms with Gasteiger partial charge in [-0.1, -0.05) is 0 Å². The Bertz CT molecular complexity index is 1170. The van der Waals surface area contributed by atoms with Crippen LogP contribution in [0.15, 0.2) is 115 Å². The molecule has 0 aromatic heterocycles. The van der Waals surface area contributed by atoms with Crippen molar-refractivity contribution in [2.45, 2.75) is 26.4 Å². The van der Waals surface area contributed by atoms with Crippen LogP contribution in [0, 0.1) is 0 Å². The topological polar surface area (TPSA) is 38.3 Å². The van der Waals surface area contributed by atoms with Crippen molar-refractivity contribution in [1.29, 1.82) is 0 Å². The first-order valence-electron chi connectivity index (χ1n) is 11.6. The predicted molar refractivity (Wildman–Crippen MR) is 155 cm³/mol. The number of alkyl halides is 1. The second kappa shape index (κ2) is 9.97. The van der Waals surface area contributed by atoms with Crippen LogP contribution in [-0.4, -0.2) is 16.8 Å². The van der Waals surface area contributed by atoms with Gasteiger partial charge in [0.1, 0.15) is 0 Å². The summed E-state index contributed by atoms with van der Waals surface area (Å²) in [4.78, 5) is 12.4. The van der Waals surface area contributed by atoms with E-state index >= 15 is 0 Å². The Morgan fingerprint density at radius 2 is 1.06 bits per heavy atom. The molecule has 35 heavy (non-hydrogen) atoms. The number of benzene rings is 4. The minimum atomic E-state index is -3.18. The van der Waals surface area contributed by atoms with Crippen molar-refractivity contribution in [3.8, 4) is 0 Å². The monoisotopic (exact) mass is 547 g/mol. The molecule has 0 saturated carbocycles. The molecule has 0 aliphatic heterocycles. The van der Waals surface area contributed by atoms with Crippen LogP contribution in [0.25, 0.3) is 0 Å². The van der Waals surface area contributed by atoms with Gasteiger partial charge in [-0.3, -0.25) is 0 Å². The molecule has 4 aromatic rings. The van der Waals surface area contributed by atoms with Gasteiger partial charge in [0, 0.05) is 0 Å². The molecule has 0 saturated heterocycles. The number of carbonyl (C=O) groups is 1. The van der Waals surface area contributed by atoms with Crippen LogP contribution in [0.1, 0.15) is 20.8 Å². The molecule has 3 nitrogen and oxygen atoms in total. The van der Waals surface area contributed by atoms with E-state index in [9.17, 15) is 4.79 Å². The summed E-state index contributed by atoms with van der Waals surface area (Å²) in [6, 6.07) is 40.6. The Labute approximate surface area is 216 Å². The molecule has 0 fully saturated rings. The first-order valence-corrected chi connectivity index (χ1v) is 15.2. The van der Waals surface area contributed by atoms with Gasteiger partial charge in [-0.05, 0) is 0 Å². The van der Waals surface area contributed by atoms with Crippen LogP contribution in [0.4, 0.5) is 10.5 Å². The fraction of sp³-hybridized carbons (Fsp3) is 0.167. The quantitative estimate of drug-likeness (QED) is 0.220. The molecular formula is C30H31BrNO2P. The standard InChI is InChI=1S/C30H31BrNO2P/c1-30(2,3)34-29(33)32-24-19-21-28(22-20-24)35(23-31,25-13-7-4-8-14-25,26-15-9-5-10-16-26)27-17-11-6-12-18-27/h4-22H,23H2,1-3H3,(H,32,33). The van der Waals surface area contributed by atoms with Gasteiger partial charge in [-0.15, -0.1) is 0 Å². The molecule has 180 valence electrons. The van der Waals surface area contributed by atoms with Gasteiger partial charge >= 0.3 is 217 Å². The van der Waals surface area contributed by atoms with E-state index in [4.69, 9.17) is 4.74 Å². The van der Waals surface area contributed by atoms with Crippen molar-refractivity contribution in [3.63, 3.8) is 0 Å². The molecule has 4 rings (SSSR count). The number of rotatable bonds is 6. The van der Waals surface area contributed by atoms with Gasteiger partial charge in [0.05, 0.1) is 0 Å². The Balaban J connectivity index is 1.97. The average Bonchev–Trinajstić information content (AvgIpc) is 2.87. The van der Waals surface area contributed by atoms with Gasteiger partial charge in [0.25, 0.3) is 0 Å². The number of nitrogens with one attached hydrogen (secondary N) is 1. The number of ether oxygens (including phenoxy) is 1. The Kier molecular flexibility index (Phi) is 7.17. The second-order valence-electron chi connectivity index (χ2n) is 9.60. The minimum absolute atomic E-state index is 0.461. The van der Waals surface area contributed by atoms with Crippen LogP contribution in [0.3, 0.4) is 0 Å². The van der Waals surface area contributed by atoms with E-state index in [0.29, 0.717) is 5.69 Å². The van der Waals surface area contributed by atoms with Crippen molar-refractivity contribution in [2.75, 3.05) is 10.4 Å². The van der Waals surface area contributed by atoms with E-state index in [1.807, 2.05) is 32.9 Å². The van der Waals surface area contributed by atoms with E-state index in [1.54, 1.807) is 0 Å². The fourth-order valence-corrected chi connectivity index (χ4v) is 13.8. The summed E-state index contributed by atoms with van der Waals surface area (Å²) in [5.41, 5.74) is 0.142. The molecule has 0 heterocycles. The molecule has 5 heteroatoms. The van der Waals surface area contributed by atoms with Crippen molar-refractivity contribution >= 4 is 55.5 Å². The van der Waals surface area contributed by atoms with Crippen LogP contribution < -0.4 is 26.5 Å². The SMILES string of the molecule is CC(C)(C)OC(=O)Nc1ccc(P(CBr)(c2ccccc2)(c2ccccc2)c2ccccc2)cc1. The Hall–Kier alpha value is -2.94. The maximum atomic E-state index is 12.4. The third kappa shape index (κ3) is 4.53. The summed E-state index contributed by atoms with van der Waals surface area (Å²) in [5, 5.41) is 8.66. The van der Waals surface area contributed by atoms with Gasteiger partial charge in [-0.2, -0.15) is 0 Å². The molecule has 0 aliphatic carbocycles. The van der Waals surface area contributed by atoms with Gasteiger partial charge in [-0.25, -0.2) is 0 Å². The van der Waals surface area contributed by atoms with Crippen LogP contribution in [0.5, 0.6) is 0 Å². The summed E-state index contributed by atoms with van der Waals surface area (Å²) in [6.45, 7) is 2.39. The van der Waals surface area contributed by atoms with Crippen molar-refractivity contribution in [3.05, 3.63) is 115 Å². The number of amides is 1. The fourth-order valence-electron chi connectivity index (χ4n) is 4.74. The van der Waals surface area contributed by atoms with Crippen LogP contribution >= 0.6 is 22.5 Å². The van der Waals surface area contributed by atoms with Crippen LogP contribution in [0.2, 0.25) is 0 Å². The van der Waals surface area contributed by atoms with Gasteiger partial charge in [0.15, 0.2) is 0 Å². The summed E-state index contributed by atoms with van der Waals surface area (Å²) >= 11 is 4.04. The van der Waals surface area contributed by atoms with E-state index < -0.39 is 18.3 Å². The zero-order chi connectivity index (χ0) is 25.0. The summed E-state index contributed by atoms with van der Waals surface area (Å²) < 4.78 is 5.44. The summed E-state index contributed by atoms with van der Waals surface area (Å²) in [5.74, 6) is 0. The first kappa shape index (κ1) is 25.2. The number of carbonyl (C=O) groups excluding carboxylic acids is 1. The second-order valence-corrected chi connectivity index (χ2v) is 16.0. The van der Waals surface area contributed by atoms with E-state index in [1.165, 1.54) is 21.2 Å². The summed E-state index contributed by atoms with van der Waals surface area (Å²) in [7, 11) is 0.